The van der Waals surface area contributed by atoms with Crippen molar-refractivity contribution in [2.45, 2.75) is 140 Å². The summed E-state index contributed by atoms with van der Waals surface area (Å²) < 4.78 is 0. The number of likely N-dealkylation sites (tertiary alicyclic amines) is 2. The Labute approximate surface area is 205 Å². The quantitative estimate of drug-likeness (QED) is 0.401. The van der Waals surface area contributed by atoms with Crippen LogP contribution in [0.4, 0.5) is 0 Å². The highest BCUT2D eigenvalue weighted by Gasteiger charge is 2.48. The molecule has 3 heterocycles. The number of nitrogens with zero attached hydrogens (tertiary/aromatic N) is 2. The molecule has 0 radical (unpaired) electrons. The maximum atomic E-state index is 3.46. The average molecular weight is 456 g/mol. The summed E-state index contributed by atoms with van der Waals surface area (Å²) in [5.41, 5.74) is 2.22. The Morgan fingerprint density at radius 2 is 0.875 bits per heavy atom. The molecule has 4 fully saturated rings. The minimum absolute atomic E-state index is 0.383. The molecule has 4 aliphatic rings. The molecule has 3 saturated heterocycles. The summed E-state index contributed by atoms with van der Waals surface area (Å²) in [7, 11) is 0. The van der Waals surface area contributed by atoms with Crippen LogP contribution in [0.3, 0.4) is 0 Å². The van der Waals surface area contributed by atoms with Gasteiger partial charge in [0.15, 0.2) is 0 Å². The van der Waals surface area contributed by atoms with Gasteiger partial charge in [-0.1, -0.05) is 68.2 Å². The summed E-state index contributed by atoms with van der Waals surface area (Å²) in [6, 6.07) is 0. The Bertz CT molecular complexity index is 374. The molecule has 0 aromatic heterocycles. The third kappa shape index (κ3) is 10.0. The van der Waals surface area contributed by atoms with Crippen molar-refractivity contribution in [2.75, 3.05) is 39.3 Å². The number of hydrogen-bond acceptors (Lipinski definition) is 3. The van der Waals surface area contributed by atoms with E-state index in [2.05, 4.69) is 56.7 Å². The predicted molar refractivity (Wildman–Crippen MR) is 149 cm³/mol. The normalized spacial score (nSPS) is 22.7. The Balaban J connectivity index is 0. The summed E-state index contributed by atoms with van der Waals surface area (Å²) in [5, 5.41) is 3.46. The Morgan fingerprint density at radius 3 is 1.16 bits per heavy atom. The number of rotatable bonds is 0. The fourth-order valence-electron chi connectivity index (χ4n) is 4.98. The van der Waals surface area contributed by atoms with Gasteiger partial charge in [0.1, 0.15) is 0 Å². The zero-order chi connectivity index (χ0) is 25.6. The van der Waals surface area contributed by atoms with Crippen molar-refractivity contribution in [3.8, 4) is 0 Å². The summed E-state index contributed by atoms with van der Waals surface area (Å²) >= 11 is 0. The maximum absolute atomic E-state index is 3.46. The second-order valence-electron chi connectivity index (χ2n) is 11.2. The molecule has 0 bridgehead atoms. The van der Waals surface area contributed by atoms with Crippen LogP contribution in [-0.4, -0.2) is 60.1 Å². The Hall–Kier alpha value is -0.120. The molecule has 3 nitrogen and oxygen atoms in total. The summed E-state index contributed by atoms with van der Waals surface area (Å²) in [5.74, 6) is 0. The topological polar surface area (TPSA) is 18.5 Å². The molecule has 196 valence electrons. The molecule has 2 spiro atoms. The van der Waals surface area contributed by atoms with Crippen LogP contribution in [-0.2, 0) is 0 Å². The van der Waals surface area contributed by atoms with Crippen LogP contribution in [0.25, 0.3) is 0 Å². The zero-order valence-corrected chi connectivity index (χ0v) is 25.2. The highest BCUT2D eigenvalue weighted by molar-refractivity contribution is 5.03. The van der Waals surface area contributed by atoms with Gasteiger partial charge in [0.05, 0.1) is 0 Å². The molecule has 1 N–H and O–H groups in total. The standard InChI is InChI=1S/C11H21N.C10H20N2.4C2H6/c1-10(2,3)12-8-11(9-12)6-4-5-7-11;1-9(2,3)12-7-10(8-12)4-5-11-6-10;4*1-2/h4-9H2,1-3H3;11H,4-8H2,1-3H3;4*1-2H3. The van der Waals surface area contributed by atoms with Crippen LogP contribution < -0.4 is 5.32 Å². The fraction of sp³-hybridized carbons (Fsp3) is 1.00. The van der Waals surface area contributed by atoms with E-state index in [0.717, 1.165) is 5.41 Å². The Morgan fingerprint density at radius 1 is 0.531 bits per heavy atom. The van der Waals surface area contributed by atoms with Crippen molar-refractivity contribution in [1.29, 1.82) is 0 Å². The molecule has 3 aliphatic heterocycles. The van der Waals surface area contributed by atoms with E-state index < -0.39 is 0 Å². The Kier molecular flexibility index (Phi) is 16.7. The third-order valence-electron chi connectivity index (χ3n) is 7.00. The van der Waals surface area contributed by atoms with Crippen molar-refractivity contribution in [3.05, 3.63) is 0 Å². The van der Waals surface area contributed by atoms with Gasteiger partial charge in [-0.15, -0.1) is 0 Å². The van der Waals surface area contributed by atoms with Gasteiger partial charge >= 0.3 is 0 Å². The molecule has 4 rings (SSSR count). The minimum atomic E-state index is 0.383. The molecule has 0 amide bonds. The van der Waals surface area contributed by atoms with E-state index in [9.17, 15) is 0 Å². The van der Waals surface area contributed by atoms with E-state index in [1.807, 2.05) is 55.4 Å². The van der Waals surface area contributed by atoms with Crippen LogP contribution in [0.5, 0.6) is 0 Å². The molecule has 1 saturated carbocycles. The van der Waals surface area contributed by atoms with E-state index in [1.165, 1.54) is 71.4 Å². The lowest BCUT2D eigenvalue weighted by Gasteiger charge is -2.54. The van der Waals surface area contributed by atoms with E-state index in [1.54, 1.807) is 0 Å². The van der Waals surface area contributed by atoms with Gasteiger partial charge in [-0.05, 0) is 72.8 Å². The number of hydrogen-bond donors (Lipinski definition) is 1. The fourth-order valence-corrected chi connectivity index (χ4v) is 4.98. The second-order valence-corrected chi connectivity index (χ2v) is 11.2. The van der Waals surface area contributed by atoms with Crippen molar-refractivity contribution in [2.24, 2.45) is 10.8 Å². The van der Waals surface area contributed by atoms with Gasteiger partial charge in [0.2, 0.25) is 0 Å². The van der Waals surface area contributed by atoms with Crippen LogP contribution in [0.1, 0.15) is 129 Å². The molecular weight excluding hydrogens is 390 g/mol. The molecule has 32 heavy (non-hydrogen) atoms. The minimum Gasteiger partial charge on any atom is -0.316 e. The smallest absolute Gasteiger partial charge is 0.0125 e. The summed E-state index contributed by atoms with van der Waals surface area (Å²) in [6.07, 6.45) is 7.36. The average Bonchev–Trinajstić information content (AvgIpc) is 3.41. The van der Waals surface area contributed by atoms with Crippen molar-refractivity contribution >= 4 is 0 Å². The van der Waals surface area contributed by atoms with E-state index in [0.29, 0.717) is 16.5 Å². The van der Waals surface area contributed by atoms with E-state index in [-0.39, 0.29) is 0 Å². The molecule has 1 aliphatic carbocycles. The van der Waals surface area contributed by atoms with E-state index >= 15 is 0 Å². The van der Waals surface area contributed by atoms with Crippen LogP contribution in [0.2, 0.25) is 0 Å². The molecular formula is C29H65N3. The summed E-state index contributed by atoms with van der Waals surface area (Å²) in [4.78, 5) is 5.21. The maximum Gasteiger partial charge on any atom is 0.0125 e. The predicted octanol–water partition coefficient (Wildman–Crippen LogP) is 7.85. The molecule has 0 unspecified atom stereocenters. The van der Waals surface area contributed by atoms with Gasteiger partial charge < -0.3 is 5.32 Å². The number of nitrogens with one attached hydrogen (secondary N) is 1. The molecule has 0 aromatic rings. The highest BCUT2D eigenvalue weighted by atomic mass is 15.3. The largest absolute Gasteiger partial charge is 0.316 e. The van der Waals surface area contributed by atoms with Crippen LogP contribution in [0, 0.1) is 10.8 Å². The second kappa shape index (κ2) is 15.7. The summed E-state index contributed by atoms with van der Waals surface area (Å²) in [6.45, 7) is 37.8. The molecule has 0 aromatic carbocycles. The molecule has 3 heteroatoms. The van der Waals surface area contributed by atoms with Gasteiger partial charge in [-0.3, -0.25) is 9.80 Å². The zero-order valence-electron chi connectivity index (χ0n) is 25.2. The van der Waals surface area contributed by atoms with Crippen molar-refractivity contribution in [3.63, 3.8) is 0 Å². The lowest BCUT2D eigenvalue weighted by atomic mass is 9.76. The van der Waals surface area contributed by atoms with Crippen molar-refractivity contribution in [1.82, 2.24) is 15.1 Å². The first-order chi connectivity index (χ1) is 15.0. The SMILES string of the molecule is CC.CC.CC.CC.CC(C)(C)N1CC2(CCCC2)C1.CC(C)(C)N1CC2(CCNC2)C1. The first-order valence-electron chi connectivity index (χ1n) is 14.2. The first kappa shape index (κ1) is 34.0. The lowest BCUT2D eigenvalue weighted by Crippen LogP contribution is -2.63. The molecule has 0 atom stereocenters. The first-order valence-corrected chi connectivity index (χ1v) is 14.2. The van der Waals surface area contributed by atoms with Crippen LogP contribution in [0.15, 0.2) is 0 Å². The van der Waals surface area contributed by atoms with Gasteiger partial charge in [0.25, 0.3) is 0 Å². The van der Waals surface area contributed by atoms with E-state index in [4.69, 9.17) is 0 Å². The van der Waals surface area contributed by atoms with Crippen LogP contribution >= 0.6 is 0 Å². The van der Waals surface area contributed by atoms with Crippen molar-refractivity contribution < 1.29 is 0 Å². The monoisotopic (exact) mass is 456 g/mol. The third-order valence-corrected chi connectivity index (χ3v) is 7.00. The van der Waals surface area contributed by atoms with Gasteiger partial charge in [-0.2, -0.15) is 0 Å². The van der Waals surface area contributed by atoms with Gasteiger partial charge in [0, 0.05) is 49.2 Å². The van der Waals surface area contributed by atoms with Gasteiger partial charge in [-0.25, -0.2) is 0 Å². The highest BCUT2D eigenvalue weighted by Crippen LogP contribution is 2.47. The lowest BCUT2D eigenvalue weighted by molar-refractivity contribution is -0.0546.